The molecule has 0 aromatic heterocycles. The van der Waals surface area contributed by atoms with Crippen molar-refractivity contribution in [1.29, 1.82) is 0 Å². The Kier molecular flexibility index (Phi) is 6.69. The van der Waals surface area contributed by atoms with Gasteiger partial charge in [0.1, 0.15) is 0 Å². The van der Waals surface area contributed by atoms with Gasteiger partial charge in [0.25, 0.3) is 5.91 Å². The summed E-state index contributed by atoms with van der Waals surface area (Å²) in [7, 11) is -2.91. The van der Waals surface area contributed by atoms with Crippen LogP contribution in [0, 0.1) is 5.92 Å². The van der Waals surface area contributed by atoms with E-state index in [1.165, 1.54) is 0 Å². The molecule has 6 rings (SSSR count). The van der Waals surface area contributed by atoms with Crippen LogP contribution in [0.2, 0.25) is 18.6 Å². The first kappa shape index (κ1) is 26.9. The van der Waals surface area contributed by atoms with E-state index in [1.54, 1.807) is 9.80 Å². The molecule has 3 aromatic rings. The lowest BCUT2D eigenvalue weighted by Crippen LogP contribution is -2.48. The molecule has 1 saturated heterocycles. The third-order valence-corrected chi connectivity index (χ3v) is 11.6. The molecule has 3 aliphatic heterocycles. The minimum atomic E-state index is -2.91. The second-order valence-corrected chi connectivity index (χ2v) is 15.9. The smallest absolute Gasteiger partial charge is 0.268 e. The molecule has 1 spiro atoms. The maximum atomic E-state index is 14.4. The minimum absolute atomic E-state index is 0.0349. The van der Waals surface area contributed by atoms with Crippen molar-refractivity contribution in [2.24, 2.45) is 5.92 Å². The molecule has 0 saturated carbocycles. The summed E-state index contributed by atoms with van der Waals surface area (Å²) in [5, 5.41) is 10.2. The van der Waals surface area contributed by atoms with E-state index in [1.807, 2.05) is 98.9 Å². The number of nitrogens with zero attached hydrogens (tertiary/aromatic N) is 2. The van der Waals surface area contributed by atoms with E-state index in [4.69, 9.17) is 4.74 Å². The van der Waals surface area contributed by atoms with Gasteiger partial charge in [-0.05, 0) is 48.8 Å². The lowest BCUT2D eigenvalue weighted by molar-refractivity contribution is -0.150. The van der Waals surface area contributed by atoms with Gasteiger partial charge in [-0.15, -0.1) is 0 Å². The van der Waals surface area contributed by atoms with Crippen molar-refractivity contribution < 1.29 is 24.2 Å². The van der Waals surface area contributed by atoms with Crippen LogP contribution < -0.4 is 4.90 Å². The number of carbonyl (C=O) groups is 2. The van der Waals surface area contributed by atoms with E-state index in [2.05, 4.69) is 0 Å². The quantitative estimate of drug-likeness (QED) is 0.452. The van der Waals surface area contributed by atoms with E-state index in [9.17, 15) is 19.5 Å². The van der Waals surface area contributed by atoms with Crippen molar-refractivity contribution in [3.8, 4) is 0 Å². The highest BCUT2D eigenvalue weighted by Crippen LogP contribution is 2.60. The van der Waals surface area contributed by atoms with Crippen molar-refractivity contribution in [2.45, 2.75) is 62.7 Å². The molecule has 8 heteroatoms. The number of ether oxygens (including phenoxy) is 1. The van der Waals surface area contributed by atoms with Gasteiger partial charge >= 0.3 is 0 Å². The molecule has 208 valence electrons. The number of aliphatic hydroxyl groups excluding tert-OH is 1. The first-order valence-electron chi connectivity index (χ1n) is 14.0. The number of amides is 2. The largest absolute Gasteiger partial charge is 0.432 e. The minimum Gasteiger partial charge on any atom is -0.432 e. The van der Waals surface area contributed by atoms with Gasteiger partial charge in [-0.1, -0.05) is 67.6 Å². The Bertz CT molecular complexity index is 1440. The summed E-state index contributed by atoms with van der Waals surface area (Å²) in [6.07, 6.45) is -0.0163. The van der Waals surface area contributed by atoms with Gasteiger partial charge in [-0.2, -0.15) is 0 Å². The molecular formula is C32H36N2O5Si. The molecule has 2 amide bonds. The Labute approximate surface area is 236 Å². The fraction of sp³-hybridized carbons (Fsp3) is 0.375. The molecule has 3 aliphatic rings. The van der Waals surface area contributed by atoms with E-state index in [0.29, 0.717) is 13.0 Å². The zero-order chi connectivity index (χ0) is 28.2. The summed E-state index contributed by atoms with van der Waals surface area (Å²) in [6, 6.07) is 24.9. The SMILES string of the molecule is C[C@@H]1[C@@H]([Si](C)(C)O)[C@H](CC(=O)N2Cc3ccccc3C[C@H]2CO)O[C@@]12C(=O)N(c1ccccc1)c1ccccc12. The number of benzene rings is 3. The molecule has 0 bridgehead atoms. The first-order valence-corrected chi connectivity index (χ1v) is 17.1. The number of carbonyl (C=O) groups excluding carboxylic acids is 2. The van der Waals surface area contributed by atoms with Gasteiger partial charge in [-0.3, -0.25) is 14.5 Å². The molecule has 3 aromatic carbocycles. The molecule has 5 atom stereocenters. The Morgan fingerprint density at radius 1 is 1.00 bits per heavy atom. The van der Waals surface area contributed by atoms with Crippen LogP contribution in [0.3, 0.4) is 0 Å². The Hall–Kier alpha value is -3.30. The molecule has 0 unspecified atom stereocenters. The van der Waals surface area contributed by atoms with Crippen LogP contribution in [0.5, 0.6) is 0 Å². The van der Waals surface area contributed by atoms with E-state index < -0.39 is 20.0 Å². The topological polar surface area (TPSA) is 90.3 Å². The van der Waals surface area contributed by atoms with Gasteiger partial charge in [-0.25, -0.2) is 0 Å². The van der Waals surface area contributed by atoms with Crippen molar-refractivity contribution in [2.75, 3.05) is 11.5 Å². The standard InChI is InChI=1S/C32H36N2O5Si/c1-21-30(40(2,3)38)28(18-29(36)33-19-23-12-8-7-11-22(23)17-25(33)20-35)39-32(21)26-15-9-10-16-27(26)34(31(32)37)24-13-5-4-6-14-24/h4-16,21,25,28,30,35,38H,17-20H2,1-3H3/t21-,25+,28+,30-,32+/m1/s1. The summed E-state index contributed by atoms with van der Waals surface area (Å²) in [4.78, 5) is 43.3. The third kappa shape index (κ3) is 4.13. The molecule has 0 aliphatic carbocycles. The highest BCUT2D eigenvalue weighted by Gasteiger charge is 2.66. The molecule has 2 N–H and O–H groups in total. The molecule has 40 heavy (non-hydrogen) atoms. The normalized spacial score (nSPS) is 27.7. The maximum Gasteiger partial charge on any atom is 0.268 e. The van der Waals surface area contributed by atoms with E-state index in [0.717, 1.165) is 28.1 Å². The molecule has 7 nitrogen and oxygen atoms in total. The monoisotopic (exact) mass is 556 g/mol. The van der Waals surface area contributed by atoms with Gasteiger partial charge < -0.3 is 19.5 Å². The highest BCUT2D eigenvalue weighted by molar-refractivity contribution is 6.71. The Morgan fingerprint density at radius 2 is 1.65 bits per heavy atom. The summed E-state index contributed by atoms with van der Waals surface area (Å²) >= 11 is 0. The van der Waals surface area contributed by atoms with Crippen molar-refractivity contribution in [3.63, 3.8) is 0 Å². The molecule has 0 radical (unpaired) electrons. The fourth-order valence-corrected chi connectivity index (χ4v) is 9.88. The van der Waals surface area contributed by atoms with Gasteiger partial charge in [0.05, 0.1) is 30.9 Å². The zero-order valence-corrected chi connectivity index (χ0v) is 24.2. The number of hydrogen-bond donors (Lipinski definition) is 2. The number of aliphatic hydroxyl groups is 1. The number of rotatable bonds is 5. The number of hydrogen-bond acceptors (Lipinski definition) is 5. The summed E-state index contributed by atoms with van der Waals surface area (Å²) < 4.78 is 6.83. The average Bonchev–Trinajstić information content (AvgIpc) is 3.38. The van der Waals surface area contributed by atoms with Crippen LogP contribution >= 0.6 is 0 Å². The van der Waals surface area contributed by atoms with E-state index >= 15 is 0 Å². The van der Waals surface area contributed by atoms with Crippen LogP contribution in [0.15, 0.2) is 78.9 Å². The van der Waals surface area contributed by atoms with E-state index in [-0.39, 0.29) is 42.3 Å². The molecule has 1 fully saturated rings. The predicted octanol–water partition coefficient (Wildman–Crippen LogP) is 4.50. The second-order valence-electron chi connectivity index (χ2n) is 11.9. The van der Waals surface area contributed by atoms with Crippen LogP contribution in [0.4, 0.5) is 11.4 Å². The van der Waals surface area contributed by atoms with Crippen molar-refractivity contribution in [1.82, 2.24) is 4.90 Å². The summed E-state index contributed by atoms with van der Waals surface area (Å²) in [5.41, 5.74) is 2.85. The first-order chi connectivity index (χ1) is 19.2. The number of para-hydroxylation sites is 2. The Morgan fingerprint density at radius 3 is 2.35 bits per heavy atom. The lowest BCUT2D eigenvalue weighted by atomic mass is 9.82. The van der Waals surface area contributed by atoms with Crippen LogP contribution in [-0.4, -0.2) is 53.7 Å². The van der Waals surface area contributed by atoms with Crippen LogP contribution in [0.25, 0.3) is 0 Å². The van der Waals surface area contributed by atoms with Crippen molar-refractivity contribution >= 4 is 31.5 Å². The summed E-state index contributed by atoms with van der Waals surface area (Å²) in [6.45, 7) is 6.00. The van der Waals surface area contributed by atoms with Crippen molar-refractivity contribution in [3.05, 3.63) is 95.6 Å². The summed E-state index contributed by atoms with van der Waals surface area (Å²) in [5.74, 6) is -0.675. The second kappa shape index (κ2) is 9.96. The fourth-order valence-electron chi connectivity index (χ4n) is 7.32. The Balaban J connectivity index is 1.37. The van der Waals surface area contributed by atoms with Gasteiger partial charge in [0, 0.05) is 29.3 Å². The third-order valence-electron chi connectivity index (χ3n) is 9.08. The van der Waals surface area contributed by atoms with Crippen LogP contribution in [0.1, 0.15) is 30.0 Å². The molecule has 3 heterocycles. The average molecular weight is 557 g/mol. The van der Waals surface area contributed by atoms with Crippen LogP contribution in [-0.2, 0) is 32.9 Å². The number of fused-ring (bicyclic) bond motifs is 3. The number of anilines is 2. The zero-order valence-electron chi connectivity index (χ0n) is 23.2. The highest BCUT2D eigenvalue weighted by atomic mass is 28.4. The van der Waals surface area contributed by atoms with Gasteiger partial charge in [0.2, 0.25) is 5.91 Å². The maximum absolute atomic E-state index is 14.4. The lowest BCUT2D eigenvalue weighted by Gasteiger charge is -2.37. The molecular weight excluding hydrogens is 520 g/mol. The van der Waals surface area contributed by atoms with Gasteiger partial charge in [0.15, 0.2) is 13.9 Å². The predicted molar refractivity (Wildman–Crippen MR) is 155 cm³/mol.